The molecule has 1 N–H and O–H groups in total. The van der Waals surface area contributed by atoms with Crippen molar-refractivity contribution < 1.29 is 19.0 Å². The van der Waals surface area contributed by atoms with Crippen molar-refractivity contribution in [3.05, 3.63) is 69.2 Å². The van der Waals surface area contributed by atoms with Crippen LogP contribution in [-0.4, -0.2) is 22.8 Å². The molecule has 0 bridgehead atoms. The van der Waals surface area contributed by atoms with Gasteiger partial charge in [-0.2, -0.15) is 0 Å². The number of nitrogens with zero attached hydrogens (tertiary/aromatic N) is 1. The van der Waals surface area contributed by atoms with Crippen LogP contribution in [0.1, 0.15) is 10.4 Å². The van der Waals surface area contributed by atoms with Gasteiger partial charge in [0, 0.05) is 17.3 Å². The van der Waals surface area contributed by atoms with Gasteiger partial charge in [0.15, 0.2) is 0 Å². The molecule has 0 saturated carbocycles. The lowest BCUT2D eigenvalue weighted by Crippen LogP contribution is -2.18. The minimum absolute atomic E-state index is 0.0624. The molecule has 122 valence electrons. The van der Waals surface area contributed by atoms with E-state index in [-0.39, 0.29) is 10.4 Å². The second-order valence-electron chi connectivity index (χ2n) is 5.03. The fraction of sp³-hybridized carbons (Fsp3) is 0.0588. The Hall–Kier alpha value is -2.86. The number of hydrogen-bond donors (Lipinski definition) is 1. The van der Waals surface area contributed by atoms with Gasteiger partial charge in [-0.3, -0.25) is 4.79 Å². The Morgan fingerprint density at radius 1 is 1.25 bits per heavy atom. The van der Waals surface area contributed by atoms with Crippen molar-refractivity contribution in [2.45, 2.75) is 0 Å². The standard InChI is InChI=1S/C17H11ClFNO4/c1-24-10-4-2-9(3-5-10)20-8-12(17(22)23)16(21)11-6-14(19)13(18)7-15(11)20/h2-8H,1H3,(H,22,23). The molecule has 0 spiro atoms. The number of carboxylic acids is 1. The Balaban J connectivity index is 2.40. The summed E-state index contributed by atoms with van der Waals surface area (Å²) in [6.07, 6.45) is 1.20. The minimum Gasteiger partial charge on any atom is -0.497 e. The molecule has 3 rings (SSSR count). The van der Waals surface area contributed by atoms with E-state index in [1.54, 1.807) is 24.3 Å². The highest BCUT2D eigenvalue weighted by Crippen LogP contribution is 2.25. The highest BCUT2D eigenvalue weighted by atomic mass is 35.5. The van der Waals surface area contributed by atoms with Gasteiger partial charge in [-0.1, -0.05) is 11.6 Å². The number of hydrogen-bond acceptors (Lipinski definition) is 3. The fourth-order valence-corrected chi connectivity index (χ4v) is 2.59. The Labute approximate surface area is 140 Å². The molecule has 7 heteroatoms. The van der Waals surface area contributed by atoms with E-state index >= 15 is 0 Å². The Morgan fingerprint density at radius 2 is 1.92 bits per heavy atom. The van der Waals surface area contributed by atoms with Crippen LogP contribution in [0.15, 0.2) is 47.4 Å². The number of rotatable bonds is 3. The highest BCUT2D eigenvalue weighted by molar-refractivity contribution is 6.31. The second kappa shape index (κ2) is 5.98. The summed E-state index contributed by atoms with van der Waals surface area (Å²) in [7, 11) is 1.52. The van der Waals surface area contributed by atoms with E-state index in [1.165, 1.54) is 23.9 Å². The van der Waals surface area contributed by atoms with E-state index in [1.807, 2.05) is 0 Å². The maximum absolute atomic E-state index is 13.8. The predicted molar refractivity (Wildman–Crippen MR) is 88.0 cm³/mol. The van der Waals surface area contributed by atoms with Gasteiger partial charge in [0.05, 0.1) is 17.6 Å². The topological polar surface area (TPSA) is 68.5 Å². The average Bonchev–Trinajstić information content (AvgIpc) is 2.57. The van der Waals surface area contributed by atoms with Crippen molar-refractivity contribution in [3.8, 4) is 11.4 Å². The number of ether oxygens (including phenoxy) is 1. The average molecular weight is 348 g/mol. The summed E-state index contributed by atoms with van der Waals surface area (Å²) in [5.74, 6) is -1.56. The van der Waals surface area contributed by atoms with Crippen LogP contribution < -0.4 is 10.2 Å². The SMILES string of the molecule is COc1ccc(-n2cc(C(=O)O)c(=O)c3cc(F)c(Cl)cc32)cc1. The molecule has 0 saturated heterocycles. The number of pyridine rings is 1. The Kier molecular flexibility index (Phi) is 3.99. The normalized spacial score (nSPS) is 10.8. The summed E-state index contributed by atoms with van der Waals surface area (Å²) in [6.45, 7) is 0. The van der Waals surface area contributed by atoms with Gasteiger partial charge in [0.1, 0.15) is 17.1 Å². The summed E-state index contributed by atoms with van der Waals surface area (Å²) in [6, 6.07) is 8.99. The predicted octanol–water partition coefficient (Wildman–Crippen LogP) is 3.49. The first-order valence-electron chi connectivity index (χ1n) is 6.84. The summed E-state index contributed by atoms with van der Waals surface area (Å²) in [4.78, 5) is 23.6. The van der Waals surface area contributed by atoms with Gasteiger partial charge in [0.25, 0.3) is 0 Å². The molecule has 0 fully saturated rings. The number of aromatic nitrogens is 1. The van der Waals surface area contributed by atoms with E-state index in [4.69, 9.17) is 16.3 Å². The van der Waals surface area contributed by atoms with Gasteiger partial charge in [-0.15, -0.1) is 0 Å². The van der Waals surface area contributed by atoms with Gasteiger partial charge in [-0.25, -0.2) is 9.18 Å². The molecule has 0 amide bonds. The van der Waals surface area contributed by atoms with E-state index in [0.717, 1.165) is 6.07 Å². The van der Waals surface area contributed by atoms with Crippen molar-refractivity contribution in [1.29, 1.82) is 0 Å². The van der Waals surface area contributed by atoms with Crippen molar-refractivity contribution in [3.63, 3.8) is 0 Å². The van der Waals surface area contributed by atoms with E-state index < -0.39 is 22.8 Å². The quantitative estimate of drug-likeness (QED) is 0.787. The molecular weight excluding hydrogens is 337 g/mol. The lowest BCUT2D eigenvalue weighted by Gasteiger charge is -2.13. The van der Waals surface area contributed by atoms with Crippen molar-refractivity contribution >= 4 is 28.5 Å². The van der Waals surface area contributed by atoms with Crippen molar-refractivity contribution in [2.24, 2.45) is 0 Å². The summed E-state index contributed by atoms with van der Waals surface area (Å²) in [5, 5.41) is 9.03. The molecule has 1 aromatic heterocycles. The molecule has 0 aliphatic rings. The summed E-state index contributed by atoms with van der Waals surface area (Å²) < 4.78 is 20.3. The van der Waals surface area contributed by atoms with Crippen LogP contribution >= 0.6 is 11.6 Å². The number of halogens is 2. The lowest BCUT2D eigenvalue weighted by atomic mass is 10.1. The van der Waals surface area contributed by atoms with Gasteiger partial charge >= 0.3 is 5.97 Å². The molecular formula is C17H11ClFNO4. The molecule has 1 heterocycles. The molecule has 5 nitrogen and oxygen atoms in total. The Bertz CT molecular complexity index is 1010. The maximum atomic E-state index is 13.8. The molecule has 0 unspecified atom stereocenters. The van der Waals surface area contributed by atoms with Gasteiger partial charge in [0.2, 0.25) is 5.43 Å². The molecule has 3 aromatic rings. The van der Waals surface area contributed by atoms with Crippen LogP contribution in [0.25, 0.3) is 16.6 Å². The third-order valence-corrected chi connectivity index (χ3v) is 3.92. The fourth-order valence-electron chi connectivity index (χ4n) is 2.43. The number of carbonyl (C=O) groups is 1. The van der Waals surface area contributed by atoms with Crippen LogP contribution in [0.3, 0.4) is 0 Å². The number of fused-ring (bicyclic) bond motifs is 1. The van der Waals surface area contributed by atoms with E-state index in [9.17, 15) is 19.1 Å². The molecule has 0 radical (unpaired) electrons. The van der Waals surface area contributed by atoms with Crippen molar-refractivity contribution in [2.75, 3.05) is 7.11 Å². The number of methoxy groups -OCH3 is 1. The first-order valence-corrected chi connectivity index (χ1v) is 7.22. The zero-order valence-corrected chi connectivity index (χ0v) is 13.2. The smallest absolute Gasteiger partial charge is 0.341 e. The lowest BCUT2D eigenvalue weighted by molar-refractivity contribution is 0.0695. The third kappa shape index (κ3) is 2.61. The molecule has 0 aliphatic carbocycles. The molecule has 2 aromatic carbocycles. The zero-order valence-electron chi connectivity index (χ0n) is 12.4. The van der Waals surface area contributed by atoms with E-state index in [2.05, 4.69) is 0 Å². The minimum atomic E-state index is -1.39. The highest BCUT2D eigenvalue weighted by Gasteiger charge is 2.17. The second-order valence-corrected chi connectivity index (χ2v) is 5.44. The molecule has 24 heavy (non-hydrogen) atoms. The van der Waals surface area contributed by atoms with Crippen LogP contribution in [0.5, 0.6) is 5.75 Å². The largest absolute Gasteiger partial charge is 0.497 e. The first-order chi connectivity index (χ1) is 11.4. The van der Waals surface area contributed by atoms with Crippen LogP contribution in [0, 0.1) is 5.82 Å². The first kappa shape index (κ1) is 16.0. The molecule has 0 atom stereocenters. The number of carboxylic acid groups (broad SMARTS) is 1. The van der Waals surface area contributed by atoms with Crippen molar-refractivity contribution in [1.82, 2.24) is 4.57 Å². The zero-order chi connectivity index (χ0) is 17.4. The number of benzene rings is 2. The van der Waals surface area contributed by atoms with Crippen LogP contribution in [0.2, 0.25) is 5.02 Å². The molecule has 0 aliphatic heterocycles. The maximum Gasteiger partial charge on any atom is 0.341 e. The van der Waals surface area contributed by atoms with Crippen LogP contribution in [-0.2, 0) is 0 Å². The van der Waals surface area contributed by atoms with E-state index in [0.29, 0.717) is 17.0 Å². The Morgan fingerprint density at radius 3 is 2.50 bits per heavy atom. The van der Waals surface area contributed by atoms with Crippen LogP contribution in [0.4, 0.5) is 4.39 Å². The third-order valence-electron chi connectivity index (χ3n) is 3.63. The van der Waals surface area contributed by atoms with Gasteiger partial charge < -0.3 is 14.4 Å². The number of aromatic carboxylic acids is 1. The monoisotopic (exact) mass is 347 g/mol. The summed E-state index contributed by atoms with van der Waals surface area (Å²) >= 11 is 5.82. The summed E-state index contributed by atoms with van der Waals surface area (Å²) in [5.41, 5.74) is -0.342. The van der Waals surface area contributed by atoms with Gasteiger partial charge in [-0.05, 0) is 36.4 Å².